The number of carbonyl (C=O) groups excluding carboxylic acids is 2. The summed E-state index contributed by atoms with van der Waals surface area (Å²) in [6, 6.07) is 10.2. The molecule has 0 saturated heterocycles. The van der Waals surface area contributed by atoms with E-state index in [1.807, 2.05) is 12.1 Å². The smallest absolute Gasteiger partial charge is 0.327 e. The number of nitrogens with one attached hydrogen (secondary N) is 1. The molecule has 0 radical (unpaired) electrons. The molecule has 3 rings (SSSR count). The van der Waals surface area contributed by atoms with Crippen LogP contribution in [-0.4, -0.2) is 53.2 Å². The van der Waals surface area contributed by atoms with Gasteiger partial charge in [-0.15, -0.1) is 0 Å². The number of amides is 1. The van der Waals surface area contributed by atoms with E-state index in [0.29, 0.717) is 17.7 Å². The molecular formula is C18H20N2O6S. The number of anilines is 1. The van der Waals surface area contributed by atoms with Crippen molar-refractivity contribution in [3.63, 3.8) is 0 Å². The quantitative estimate of drug-likeness (QED) is 0.558. The highest BCUT2D eigenvalue weighted by atomic mass is 32.2. The van der Waals surface area contributed by atoms with Crippen molar-refractivity contribution >= 4 is 38.4 Å². The number of esters is 1. The molecule has 1 atom stereocenters. The topological polar surface area (TPSA) is 102 Å². The lowest BCUT2D eigenvalue weighted by Crippen LogP contribution is -2.40. The molecule has 0 spiro atoms. The number of rotatable bonds is 7. The summed E-state index contributed by atoms with van der Waals surface area (Å²) in [5, 5.41) is 3.91. The molecule has 144 valence electrons. The lowest BCUT2D eigenvalue weighted by Gasteiger charge is -2.19. The van der Waals surface area contributed by atoms with Gasteiger partial charge in [0.15, 0.2) is 6.10 Å². The van der Waals surface area contributed by atoms with Crippen LogP contribution in [0, 0.1) is 0 Å². The largest absolute Gasteiger partial charge is 0.451 e. The average Bonchev–Trinajstić information content (AvgIpc) is 2.85. The number of sulfonamides is 1. The molecule has 0 saturated carbocycles. The van der Waals surface area contributed by atoms with Gasteiger partial charge in [-0.05, 0) is 24.4 Å². The van der Waals surface area contributed by atoms with Crippen LogP contribution in [0.1, 0.15) is 6.92 Å². The first-order chi connectivity index (χ1) is 12.9. The predicted octanol–water partition coefficient (Wildman–Crippen LogP) is 1.04. The normalized spacial score (nSPS) is 15.6. The Morgan fingerprint density at radius 2 is 1.89 bits per heavy atom. The number of ether oxygens (including phenoxy) is 2. The van der Waals surface area contributed by atoms with E-state index in [0.717, 1.165) is 9.69 Å². The number of benzene rings is 2. The van der Waals surface area contributed by atoms with Crippen molar-refractivity contribution in [1.82, 2.24) is 5.32 Å². The van der Waals surface area contributed by atoms with Gasteiger partial charge in [-0.3, -0.25) is 13.9 Å². The van der Waals surface area contributed by atoms with E-state index in [1.54, 1.807) is 18.2 Å². The van der Waals surface area contributed by atoms with Crippen LogP contribution >= 0.6 is 0 Å². The number of methoxy groups -OCH3 is 1. The summed E-state index contributed by atoms with van der Waals surface area (Å²) >= 11 is 0. The Bertz CT molecular complexity index is 983. The zero-order valence-corrected chi connectivity index (χ0v) is 15.8. The van der Waals surface area contributed by atoms with E-state index < -0.39 is 34.5 Å². The van der Waals surface area contributed by atoms with Crippen molar-refractivity contribution in [3.8, 4) is 0 Å². The molecular weight excluding hydrogens is 372 g/mol. The number of carbonyl (C=O) groups is 2. The second kappa shape index (κ2) is 7.53. The van der Waals surface area contributed by atoms with E-state index in [1.165, 1.54) is 20.1 Å². The van der Waals surface area contributed by atoms with Gasteiger partial charge >= 0.3 is 5.97 Å². The van der Waals surface area contributed by atoms with Crippen molar-refractivity contribution < 1.29 is 27.5 Å². The van der Waals surface area contributed by atoms with E-state index in [2.05, 4.69) is 5.32 Å². The van der Waals surface area contributed by atoms with E-state index in [-0.39, 0.29) is 11.4 Å². The minimum Gasteiger partial charge on any atom is -0.451 e. The summed E-state index contributed by atoms with van der Waals surface area (Å²) < 4.78 is 36.6. The fourth-order valence-electron chi connectivity index (χ4n) is 2.95. The summed E-state index contributed by atoms with van der Waals surface area (Å²) in [5.74, 6) is -1.28. The first-order valence-corrected chi connectivity index (χ1v) is 9.81. The van der Waals surface area contributed by atoms with Crippen molar-refractivity contribution in [3.05, 3.63) is 36.4 Å². The number of hydrogen-bond acceptors (Lipinski definition) is 6. The van der Waals surface area contributed by atoms with Crippen LogP contribution in [0.5, 0.6) is 0 Å². The van der Waals surface area contributed by atoms with Gasteiger partial charge in [-0.1, -0.05) is 24.3 Å². The SMILES string of the molecule is COCCNC(=O)[C@H](C)OC(=O)CN1c2cccc3cccc(c23)S1(=O)=O. The molecule has 2 aromatic rings. The average molecular weight is 392 g/mol. The highest BCUT2D eigenvalue weighted by Gasteiger charge is 2.37. The molecule has 27 heavy (non-hydrogen) atoms. The van der Waals surface area contributed by atoms with Gasteiger partial charge in [0.1, 0.15) is 6.54 Å². The maximum Gasteiger partial charge on any atom is 0.327 e. The Hall–Kier alpha value is -2.65. The Kier molecular flexibility index (Phi) is 5.33. The molecule has 0 bridgehead atoms. The fraction of sp³-hybridized carbons (Fsp3) is 0.333. The van der Waals surface area contributed by atoms with E-state index in [9.17, 15) is 18.0 Å². The summed E-state index contributed by atoms with van der Waals surface area (Å²) in [5.41, 5.74) is 0.428. The highest BCUT2D eigenvalue weighted by Crippen LogP contribution is 2.41. The maximum atomic E-state index is 12.8. The first kappa shape index (κ1) is 19.1. The van der Waals surface area contributed by atoms with Crippen LogP contribution in [0.25, 0.3) is 10.8 Å². The van der Waals surface area contributed by atoms with Gasteiger partial charge in [0.25, 0.3) is 15.9 Å². The number of nitrogens with zero attached hydrogens (tertiary/aromatic N) is 1. The van der Waals surface area contributed by atoms with Gasteiger partial charge < -0.3 is 14.8 Å². The van der Waals surface area contributed by atoms with Crippen LogP contribution in [-0.2, 0) is 29.1 Å². The van der Waals surface area contributed by atoms with Crippen LogP contribution < -0.4 is 9.62 Å². The molecule has 1 amide bonds. The molecule has 0 aromatic heterocycles. The minimum absolute atomic E-state index is 0.161. The Balaban J connectivity index is 1.74. The van der Waals surface area contributed by atoms with Gasteiger partial charge in [0, 0.05) is 19.0 Å². The third kappa shape index (κ3) is 3.60. The number of hydrogen-bond donors (Lipinski definition) is 1. The molecule has 0 aliphatic carbocycles. The van der Waals surface area contributed by atoms with Crippen molar-refractivity contribution in [2.24, 2.45) is 0 Å². The highest BCUT2D eigenvalue weighted by molar-refractivity contribution is 7.93. The second-order valence-electron chi connectivity index (χ2n) is 6.06. The standard InChI is InChI=1S/C18H20N2O6S/c1-12(18(22)19-9-10-25-2)26-16(21)11-20-14-7-3-5-13-6-4-8-15(17(13)14)27(20,23)24/h3-8,12H,9-11H2,1-2H3,(H,19,22)/t12-/m0/s1. The second-order valence-corrected chi connectivity index (χ2v) is 7.89. The van der Waals surface area contributed by atoms with Crippen molar-refractivity contribution in [2.45, 2.75) is 17.9 Å². The van der Waals surface area contributed by atoms with Gasteiger partial charge in [0.05, 0.1) is 17.2 Å². The van der Waals surface area contributed by atoms with Crippen LogP contribution in [0.4, 0.5) is 5.69 Å². The van der Waals surface area contributed by atoms with E-state index in [4.69, 9.17) is 9.47 Å². The maximum absolute atomic E-state index is 12.8. The Morgan fingerprint density at radius 1 is 1.19 bits per heavy atom. The molecule has 1 N–H and O–H groups in total. The van der Waals surface area contributed by atoms with Gasteiger partial charge in [0.2, 0.25) is 0 Å². The molecule has 1 heterocycles. The summed E-state index contributed by atoms with van der Waals surface area (Å²) in [4.78, 5) is 24.3. The van der Waals surface area contributed by atoms with Crippen molar-refractivity contribution in [2.75, 3.05) is 31.1 Å². The predicted molar refractivity (Wildman–Crippen MR) is 98.9 cm³/mol. The summed E-state index contributed by atoms with van der Waals surface area (Å²) in [6.45, 7) is 1.54. The van der Waals surface area contributed by atoms with E-state index >= 15 is 0 Å². The zero-order valence-electron chi connectivity index (χ0n) is 15.0. The fourth-order valence-corrected chi connectivity index (χ4v) is 4.61. The molecule has 1 aliphatic rings. The van der Waals surface area contributed by atoms with Crippen LogP contribution in [0.2, 0.25) is 0 Å². The first-order valence-electron chi connectivity index (χ1n) is 8.37. The Morgan fingerprint density at radius 3 is 2.59 bits per heavy atom. The Labute approximate surface area is 157 Å². The lowest BCUT2D eigenvalue weighted by atomic mass is 10.1. The van der Waals surface area contributed by atoms with Crippen molar-refractivity contribution in [1.29, 1.82) is 0 Å². The third-order valence-corrected chi connectivity index (χ3v) is 6.04. The molecule has 8 nitrogen and oxygen atoms in total. The lowest BCUT2D eigenvalue weighted by molar-refractivity contribution is -0.153. The summed E-state index contributed by atoms with van der Waals surface area (Å²) in [7, 11) is -2.35. The van der Waals surface area contributed by atoms with Crippen LogP contribution in [0.3, 0.4) is 0 Å². The van der Waals surface area contributed by atoms with Gasteiger partial charge in [-0.25, -0.2) is 8.42 Å². The molecule has 0 fully saturated rings. The molecule has 1 aliphatic heterocycles. The third-order valence-electron chi connectivity index (χ3n) is 4.24. The monoisotopic (exact) mass is 392 g/mol. The summed E-state index contributed by atoms with van der Waals surface area (Å²) in [6.07, 6.45) is -1.04. The van der Waals surface area contributed by atoms with Gasteiger partial charge in [-0.2, -0.15) is 0 Å². The molecule has 0 unspecified atom stereocenters. The molecule has 2 aromatic carbocycles. The van der Waals surface area contributed by atoms with Crippen LogP contribution in [0.15, 0.2) is 41.3 Å². The minimum atomic E-state index is -3.85. The molecule has 9 heteroatoms. The zero-order chi connectivity index (χ0) is 19.6.